The van der Waals surface area contributed by atoms with Gasteiger partial charge in [-0.15, -0.1) is 12.4 Å². The van der Waals surface area contributed by atoms with E-state index in [1.54, 1.807) is 0 Å². The Morgan fingerprint density at radius 3 is 2.48 bits per heavy atom. The number of rotatable bonds is 8. The number of hydrogen-bond donors (Lipinski definition) is 3. The first-order valence-electron chi connectivity index (χ1n) is 7.88. The molecule has 0 bridgehead atoms. The molecule has 1 rings (SSSR count). The number of piperidine rings is 1. The quantitative estimate of drug-likeness (QED) is 0.636. The van der Waals surface area contributed by atoms with Crippen LogP contribution in [0.3, 0.4) is 0 Å². The molecule has 3 N–H and O–H groups in total. The lowest BCUT2D eigenvalue weighted by atomic mass is 9.93. The summed E-state index contributed by atoms with van der Waals surface area (Å²) >= 11 is 0. The fraction of sp³-hybridized carbons (Fsp3) is 0.867. The van der Waals surface area contributed by atoms with E-state index in [4.69, 9.17) is 0 Å². The average Bonchev–Trinajstić information content (AvgIpc) is 2.46. The molecule has 1 aliphatic rings. The zero-order chi connectivity index (χ0) is 14.8. The van der Waals surface area contributed by atoms with Gasteiger partial charge in [0.05, 0.1) is 0 Å². The van der Waals surface area contributed by atoms with Gasteiger partial charge in [0.2, 0.25) is 11.8 Å². The van der Waals surface area contributed by atoms with Gasteiger partial charge in [0.1, 0.15) is 0 Å². The van der Waals surface area contributed by atoms with Gasteiger partial charge in [-0.25, -0.2) is 0 Å². The van der Waals surface area contributed by atoms with E-state index in [-0.39, 0.29) is 30.3 Å². The molecular formula is C15H30ClN3O2. The second kappa shape index (κ2) is 11.8. The lowest BCUT2D eigenvalue weighted by Crippen LogP contribution is -2.35. The highest BCUT2D eigenvalue weighted by atomic mass is 35.5. The largest absolute Gasteiger partial charge is 0.356 e. The maximum Gasteiger partial charge on any atom is 0.221 e. The highest BCUT2D eigenvalue weighted by Gasteiger charge is 2.14. The molecule has 0 radical (unpaired) electrons. The number of carbonyl (C=O) groups is 2. The summed E-state index contributed by atoms with van der Waals surface area (Å²) in [4.78, 5) is 23.2. The van der Waals surface area contributed by atoms with E-state index < -0.39 is 0 Å². The topological polar surface area (TPSA) is 70.2 Å². The minimum Gasteiger partial charge on any atom is -0.356 e. The van der Waals surface area contributed by atoms with E-state index in [1.165, 1.54) is 12.8 Å². The molecule has 21 heavy (non-hydrogen) atoms. The Bertz CT molecular complexity index is 307. The normalized spacial score (nSPS) is 16.7. The second-order valence-electron chi connectivity index (χ2n) is 5.71. The molecule has 0 aromatic carbocycles. The number of halogens is 1. The fourth-order valence-corrected chi connectivity index (χ4v) is 2.36. The van der Waals surface area contributed by atoms with Crippen LogP contribution in [0, 0.1) is 5.92 Å². The molecule has 1 saturated heterocycles. The van der Waals surface area contributed by atoms with Crippen LogP contribution >= 0.6 is 12.4 Å². The van der Waals surface area contributed by atoms with Crippen molar-refractivity contribution in [3.8, 4) is 0 Å². The Hall–Kier alpha value is -0.810. The monoisotopic (exact) mass is 319 g/mol. The van der Waals surface area contributed by atoms with Gasteiger partial charge in [-0.3, -0.25) is 9.59 Å². The van der Waals surface area contributed by atoms with Gasteiger partial charge in [-0.1, -0.05) is 6.92 Å². The molecule has 0 spiro atoms. The smallest absolute Gasteiger partial charge is 0.221 e. The lowest BCUT2D eigenvalue weighted by Gasteiger charge is -2.22. The summed E-state index contributed by atoms with van der Waals surface area (Å²) in [5.74, 6) is 0.758. The summed E-state index contributed by atoms with van der Waals surface area (Å²) in [5, 5.41) is 9.04. The summed E-state index contributed by atoms with van der Waals surface area (Å²) in [6.45, 7) is 6.60. The van der Waals surface area contributed by atoms with Crippen molar-refractivity contribution in [2.75, 3.05) is 19.6 Å². The van der Waals surface area contributed by atoms with Crippen LogP contribution in [0.25, 0.3) is 0 Å². The minimum atomic E-state index is 0. The summed E-state index contributed by atoms with van der Waals surface area (Å²) in [6, 6.07) is 0.207. The lowest BCUT2D eigenvalue weighted by molar-refractivity contribution is -0.122. The van der Waals surface area contributed by atoms with Crippen LogP contribution in [0.15, 0.2) is 0 Å². The van der Waals surface area contributed by atoms with E-state index in [1.807, 2.05) is 13.8 Å². The van der Waals surface area contributed by atoms with Crippen molar-refractivity contribution in [2.45, 2.75) is 58.4 Å². The molecule has 124 valence electrons. The number of hydrogen-bond acceptors (Lipinski definition) is 3. The number of nitrogens with one attached hydrogen (secondary N) is 3. The molecule has 5 nitrogen and oxygen atoms in total. The van der Waals surface area contributed by atoms with Crippen molar-refractivity contribution in [1.29, 1.82) is 0 Å². The maximum atomic E-state index is 11.7. The Balaban J connectivity index is 0.00000400. The van der Waals surface area contributed by atoms with E-state index in [0.717, 1.165) is 25.9 Å². The van der Waals surface area contributed by atoms with E-state index in [2.05, 4.69) is 16.0 Å². The number of carbonyl (C=O) groups excluding carboxylic acids is 2. The van der Waals surface area contributed by atoms with E-state index in [9.17, 15) is 9.59 Å². The van der Waals surface area contributed by atoms with Gasteiger partial charge in [0, 0.05) is 25.4 Å². The molecule has 1 fully saturated rings. The Kier molecular flexibility index (Phi) is 11.4. The molecular weight excluding hydrogens is 290 g/mol. The van der Waals surface area contributed by atoms with Crippen molar-refractivity contribution in [3.05, 3.63) is 0 Å². The van der Waals surface area contributed by atoms with Crippen LogP contribution in [0.4, 0.5) is 0 Å². The first kappa shape index (κ1) is 20.2. The Morgan fingerprint density at radius 2 is 1.86 bits per heavy atom. The molecule has 0 aromatic rings. The molecule has 1 atom stereocenters. The zero-order valence-corrected chi connectivity index (χ0v) is 14.1. The SMILES string of the molecule is CCC(C)NC(=O)CCNC(=O)CCC1CCNCC1.Cl. The molecule has 0 saturated carbocycles. The van der Waals surface area contributed by atoms with Gasteiger partial charge < -0.3 is 16.0 Å². The second-order valence-corrected chi connectivity index (χ2v) is 5.71. The third kappa shape index (κ3) is 9.69. The maximum absolute atomic E-state index is 11.7. The predicted octanol–water partition coefficient (Wildman–Crippen LogP) is 1.61. The first-order valence-corrected chi connectivity index (χ1v) is 7.88. The van der Waals surface area contributed by atoms with Crippen molar-refractivity contribution in [1.82, 2.24) is 16.0 Å². The van der Waals surface area contributed by atoms with Crippen LogP contribution in [0.5, 0.6) is 0 Å². The molecule has 2 amide bonds. The average molecular weight is 320 g/mol. The van der Waals surface area contributed by atoms with E-state index >= 15 is 0 Å². The third-order valence-electron chi connectivity index (χ3n) is 3.93. The van der Waals surface area contributed by atoms with E-state index in [0.29, 0.717) is 25.3 Å². The Morgan fingerprint density at radius 1 is 1.19 bits per heavy atom. The van der Waals surface area contributed by atoms with Crippen molar-refractivity contribution < 1.29 is 9.59 Å². The minimum absolute atomic E-state index is 0. The molecule has 1 unspecified atom stereocenters. The van der Waals surface area contributed by atoms with Gasteiger partial charge in [0.15, 0.2) is 0 Å². The van der Waals surface area contributed by atoms with Crippen molar-refractivity contribution >= 4 is 24.2 Å². The first-order chi connectivity index (χ1) is 9.61. The Labute approximate surface area is 134 Å². The summed E-state index contributed by atoms with van der Waals surface area (Å²) in [6.07, 6.45) is 5.18. The van der Waals surface area contributed by atoms with Crippen LogP contribution < -0.4 is 16.0 Å². The summed E-state index contributed by atoms with van der Waals surface area (Å²) in [7, 11) is 0. The highest BCUT2D eigenvalue weighted by Crippen LogP contribution is 2.17. The summed E-state index contributed by atoms with van der Waals surface area (Å²) < 4.78 is 0. The van der Waals surface area contributed by atoms with Crippen molar-refractivity contribution in [2.24, 2.45) is 5.92 Å². The highest BCUT2D eigenvalue weighted by molar-refractivity contribution is 5.85. The molecule has 1 aliphatic heterocycles. The van der Waals surface area contributed by atoms with Crippen LogP contribution in [-0.2, 0) is 9.59 Å². The van der Waals surface area contributed by atoms with Gasteiger partial charge in [-0.2, -0.15) is 0 Å². The number of amides is 2. The fourth-order valence-electron chi connectivity index (χ4n) is 2.36. The standard InChI is InChI=1S/C15H29N3O2.ClH/c1-3-12(2)18-15(20)8-11-17-14(19)5-4-13-6-9-16-10-7-13;/h12-13,16H,3-11H2,1-2H3,(H,17,19)(H,18,20);1H. The van der Waals surface area contributed by atoms with Crippen LogP contribution in [0.1, 0.15) is 52.4 Å². The van der Waals surface area contributed by atoms with Crippen molar-refractivity contribution in [3.63, 3.8) is 0 Å². The molecule has 0 aromatic heterocycles. The molecule has 1 heterocycles. The molecule has 0 aliphatic carbocycles. The van der Waals surface area contributed by atoms with Crippen LogP contribution in [0.2, 0.25) is 0 Å². The molecule has 6 heteroatoms. The van der Waals surface area contributed by atoms with Gasteiger partial charge in [0.25, 0.3) is 0 Å². The van der Waals surface area contributed by atoms with Crippen LogP contribution in [-0.4, -0.2) is 37.5 Å². The zero-order valence-electron chi connectivity index (χ0n) is 13.2. The van der Waals surface area contributed by atoms with Gasteiger partial charge in [-0.05, 0) is 51.6 Å². The predicted molar refractivity (Wildman–Crippen MR) is 87.6 cm³/mol. The third-order valence-corrected chi connectivity index (χ3v) is 3.93. The van der Waals surface area contributed by atoms with Gasteiger partial charge >= 0.3 is 0 Å². The summed E-state index contributed by atoms with van der Waals surface area (Å²) in [5.41, 5.74) is 0.